The second-order valence-corrected chi connectivity index (χ2v) is 6.22. The number of anilines is 2. The Morgan fingerprint density at radius 3 is 2.30 bits per heavy atom. The Bertz CT molecular complexity index is 1010. The van der Waals surface area contributed by atoms with Crippen molar-refractivity contribution in [1.82, 2.24) is 4.98 Å². The molecular formula is C20H15ClFN3O2. The van der Waals surface area contributed by atoms with E-state index in [0.717, 1.165) is 5.56 Å². The van der Waals surface area contributed by atoms with Gasteiger partial charge in [0.25, 0.3) is 11.8 Å². The van der Waals surface area contributed by atoms with Crippen LogP contribution >= 0.6 is 11.6 Å². The van der Waals surface area contributed by atoms with Gasteiger partial charge in [-0.25, -0.2) is 4.39 Å². The summed E-state index contributed by atoms with van der Waals surface area (Å²) in [6.07, 6.45) is 1.37. The Hall–Kier alpha value is -3.25. The van der Waals surface area contributed by atoms with Gasteiger partial charge in [-0.05, 0) is 61.0 Å². The fraction of sp³-hybridized carbons (Fsp3) is 0.0500. The van der Waals surface area contributed by atoms with Crippen LogP contribution in [-0.4, -0.2) is 16.8 Å². The van der Waals surface area contributed by atoms with E-state index in [-0.39, 0.29) is 11.3 Å². The second kappa shape index (κ2) is 7.97. The minimum Gasteiger partial charge on any atom is -0.322 e. The summed E-state index contributed by atoms with van der Waals surface area (Å²) in [5.74, 6) is -1.30. The third-order valence-corrected chi connectivity index (χ3v) is 4.19. The van der Waals surface area contributed by atoms with Gasteiger partial charge in [0.15, 0.2) is 0 Å². The van der Waals surface area contributed by atoms with E-state index in [1.165, 1.54) is 42.6 Å². The van der Waals surface area contributed by atoms with Crippen molar-refractivity contribution in [2.75, 3.05) is 10.6 Å². The lowest BCUT2D eigenvalue weighted by atomic mass is 10.2. The van der Waals surface area contributed by atoms with E-state index in [2.05, 4.69) is 15.6 Å². The second-order valence-electron chi connectivity index (χ2n) is 5.81. The maximum atomic E-state index is 12.9. The van der Waals surface area contributed by atoms with E-state index in [9.17, 15) is 14.0 Å². The molecule has 0 bridgehead atoms. The summed E-state index contributed by atoms with van der Waals surface area (Å²) < 4.78 is 12.9. The van der Waals surface area contributed by atoms with Crippen molar-refractivity contribution in [2.45, 2.75) is 6.92 Å². The monoisotopic (exact) mass is 383 g/mol. The molecule has 7 heteroatoms. The number of amides is 2. The maximum absolute atomic E-state index is 12.9. The first kappa shape index (κ1) is 18.5. The van der Waals surface area contributed by atoms with Crippen LogP contribution in [-0.2, 0) is 0 Å². The predicted octanol–water partition coefficient (Wildman–Crippen LogP) is 4.69. The van der Waals surface area contributed by atoms with Gasteiger partial charge in [0, 0.05) is 28.2 Å². The van der Waals surface area contributed by atoms with Gasteiger partial charge in [-0.3, -0.25) is 14.6 Å². The Labute approximate surface area is 160 Å². The minimum absolute atomic E-state index is 0.0638. The highest BCUT2D eigenvalue weighted by molar-refractivity contribution is 6.31. The summed E-state index contributed by atoms with van der Waals surface area (Å²) >= 11 is 6.06. The SMILES string of the molecule is Cc1ccc(NC(=O)c2ccnc(C(=O)Nc3ccc(F)cc3)c2)cc1Cl. The number of rotatable bonds is 4. The van der Waals surface area contributed by atoms with Gasteiger partial charge < -0.3 is 10.6 Å². The van der Waals surface area contributed by atoms with Crippen LogP contribution < -0.4 is 10.6 Å². The maximum Gasteiger partial charge on any atom is 0.274 e. The fourth-order valence-electron chi connectivity index (χ4n) is 2.30. The molecule has 5 nitrogen and oxygen atoms in total. The van der Waals surface area contributed by atoms with Gasteiger partial charge in [-0.2, -0.15) is 0 Å². The van der Waals surface area contributed by atoms with Crippen LogP contribution in [0.2, 0.25) is 5.02 Å². The van der Waals surface area contributed by atoms with E-state index in [1.807, 2.05) is 6.92 Å². The number of hydrogen-bond donors (Lipinski definition) is 2. The third kappa shape index (κ3) is 4.68. The zero-order valence-corrected chi connectivity index (χ0v) is 15.0. The number of carbonyl (C=O) groups excluding carboxylic acids is 2. The zero-order valence-electron chi connectivity index (χ0n) is 14.3. The van der Waals surface area contributed by atoms with Crippen molar-refractivity contribution in [3.8, 4) is 0 Å². The van der Waals surface area contributed by atoms with Gasteiger partial charge in [-0.1, -0.05) is 17.7 Å². The zero-order chi connectivity index (χ0) is 19.4. The van der Waals surface area contributed by atoms with Gasteiger partial charge in [0.05, 0.1) is 0 Å². The van der Waals surface area contributed by atoms with Crippen LogP contribution in [0.5, 0.6) is 0 Å². The average molecular weight is 384 g/mol. The van der Waals surface area contributed by atoms with Crippen molar-refractivity contribution in [1.29, 1.82) is 0 Å². The van der Waals surface area contributed by atoms with Crippen LogP contribution in [0.15, 0.2) is 60.8 Å². The summed E-state index contributed by atoms with van der Waals surface area (Å²) in [5.41, 5.74) is 2.20. The lowest BCUT2D eigenvalue weighted by Gasteiger charge is -2.08. The van der Waals surface area contributed by atoms with Gasteiger partial charge in [0.2, 0.25) is 0 Å². The Balaban J connectivity index is 1.73. The number of nitrogens with zero attached hydrogens (tertiary/aromatic N) is 1. The molecule has 0 aliphatic carbocycles. The van der Waals surface area contributed by atoms with Crippen LogP contribution in [0.4, 0.5) is 15.8 Å². The van der Waals surface area contributed by atoms with Gasteiger partial charge in [-0.15, -0.1) is 0 Å². The molecule has 0 saturated carbocycles. The van der Waals surface area contributed by atoms with E-state index in [4.69, 9.17) is 11.6 Å². The number of aromatic nitrogens is 1. The van der Waals surface area contributed by atoms with E-state index < -0.39 is 17.6 Å². The first-order valence-corrected chi connectivity index (χ1v) is 8.40. The Morgan fingerprint density at radius 2 is 1.59 bits per heavy atom. The molecule has 2 aromatic carbocycles. The van der Waals surface area contributed by atoms with Gasteiger partial charge >= 0.3 is 0 Å². The van der Waals surface area contributed by atoms with Crippen LogP contribution in [0, 0.1) is 12.7 Å². The lowest BCUT2D eigenvalue weighted by Crippen LogP contribution is -2.17. The summed E-state index contributed by atoms with van der Waals surface area (Å²) in [4.78, 5) is 28.7. The van der Waals surface area contributed by atoms with Crippen molar-refractivity contribution >= 4 is 34.8 Å². The molecular weight excluding hydrogens is 369 g/mol. The average Bonchev–Trinajstić information content (AvgIpc) is 2.66. The van der Waals surface area contributed by atoms with E-state index in [1.54, 1.807) is 18.2 Å². The molecule has 0 spiro atoms. The molecule has 1 heterocycles. The minimum atomic E-state index is -0.505. The Morgan fingerprint density at radius 1 is 0.926 bits per heavy atom. The smallest absolute Gasteiger partial charge is 0.274 e. The molecule has 0 atom stereocenters. The highest BCUT2D eigenvalue weighted by Gasteiger charge is 2.13. The summed E-state index contributed by atoms with van der Waals surface area (Å²) in [5, 5.41) is 5.86. The molecule has 0 fully saturated rings. The lowest BCUT2D eigenvalue weighted by molar-refractivity contribution is 0.102. The number of carbonyl (C=O) groups is 2. The largest absolute Gasteiger partial charge is 0.322 e. The molecule has 3 rings (SSSR count). The molecule has 27 heavy (non-hydrogen) atoms. The third-order valence-electron chi connectivity index (χ3n) is 3.79. The molecule has 3 aromatic rings. The predicted molar refractivity (Wildman–Crippen MR) is 103 cm³/mol. The summed E-state index contributed by atoms with van der Waals surface area (Å²) in [7, 11) is 0. The standard InChI is InChI=1S/C20H15ClFN3O2/c1-12-2-5-16(11-17(12)21)25-19(26)13-8-9-23-18(10-13)20(27)24-15-6-3-14(22)4-7-15/h2-11H,1H3,(H,24,27)(H,25,26). The molecule has 0 saturated heterocycles. The molecule has 2 amide bonds. The molecule has 1 aromatic heterocycles. The van der Waals surface area contributed by atoms with E-state index in [0.29, 0.717) is 16.4 Å². The molecule has 136 valence electrons. The van der Waals surface area contributed by atoms with Crippen LogP contribution in [0.25, 0.3) is 0 Å². The number of aryl methyl sites for hydroxylation is 1. The summed E-state index contributed by atoms with van der Waals surface area (Å²) in [6.45, 7) is 1.86. The number of halogens is 2. The quantitative estimate of drug-likeness (QED) is 0.686. The highest BCUT2D eigenvalue weighted by Crippen LogP contribution is 2.20. The topological polar surface area (TPSA) is 71.1 Å². The first-order chi connectivity index (χ1) is 12.9. The first-order valence-electron chi connectivity index (χ1n) is 8.03. The summed E-state index contributed by atoms with van der Waals surface area (Å²) in [6, 6.07) is 13.4. The molecule has 0 aliphatic heterocycles. The molecule has 0 unspecified atom stereocenters. The molecule has 2 N–H and O–H groups in total. The van der Waals surface area contributed by atoms with Crippen LogP contribution in [0.3, 0.4) is 0 Å². The number of benzene rings is 2. The fourth-order valence-corrected chi connectivity index (χ4v) is 2.48. The van der Waals surface area contributed by atoms with Crippen molar-refractivity contribution in [2.24, 2.45) is 0 Å². The number of pyridine rings is 1. The Kier molecular flexibility index (Phi) is 5.47. The normalized spacial score (nSPS) is 10.3. The van der Waals surface area contributed by atoms with Crippen LogP contribution in [0.1, 0.15) is 26.4 Å². The van der Waals surface area contributed by atoms with E-state index >= 15 is 0 Å². The van der Waals surface area contributed by atoms with Crippen molar-refractivity contribution in [3.63, 3.8) is 0 Å². The van der Waals surface area contributed by atoms with Crippen molar-refractivity contribution in [3.05, 3.63) is 88.5 Å². The van der Waals surface area contributed by atoms with Gasteiger partial charge in [0.1, 0.15) is 11.5 Å². The highest BCUT2D eigenvalue weighted by atomic mass is 35.5. The number of nitrogens with one attached hydrogen (secondary N) is 2. The number of hydrogen-bond acceptors (Lipinski definition) is 3. The van der Waals surface area contributed by atoms with Crippen molar-refractivity contribution < 1.29 is 14.0 Å². The molecule has 0 radical (unpaired) electrons. The molecule has 0 aliphatic rings.